The van der Waals surface area contributed by atoms with E-state index < -0.39 is 0 Å². The smallest absolute Gasteiger partial charge is 0.159 e. The Hall–Kier alpha value is -2.71. The molecule has 1 fully saturated rings. The number of aromatic nitrogens is 2. The Morgan fingerprint density at radius 1 is 1.19 bits per heavy atom. The van der Waals surface area contributed by atoms with Gasteiger partial charge in [0.15, 0.2) is 17.4 Å². The van der Waals surface area contributed by atoms with E-state index in [2.05, 4.69) is 25.5 Å². The molecule has 1 aromatic carbocycles. The first kappa shape index (κ1) is 18.1. The summed E-state index contributed by atoms with van der Waals surface area (Å²) in [6.07, 6.45) is 1.47. The Morgan fingerprint density at radius 2 is 1.88 bits per heavy atom. The Labute approximate surface area is 152 Å². The zero-order valence-corrected chi connectivity index (χ0v) is 14.9. The first-order chi connectivity index (χ1) is 12.6. The lowest BCUT2D eigenvalue weighted by Gasteiger charge is -2.26. The van der Waals surface area contributed by atoms with Crippen molar-refractivity contribution in [3.05, 3.63) is 36.2 Å². The van der Waals surface area contributed by atoms with Crippen LogP contribution in [0.3, 0.4) is 0 Å². The minimum atomic E-state index is 0.0323. The summed E-state index contributed by atoms with van der Waals surface area (Å²) < 4.78 is 5.35. The molecule has 0 spiro atoms. The minimum absolute atomic E-state index is 0.0323. The maximum atomic E-state index is 11.3. The molecule has 138 valence electrons. The Bertz CT molecular complexity index is 744. The maximum Gasteiger partial charge on any atom is 0.159 e. The molecule has 0 saturated carbocycles. The number of anilines is 4. The standard InChI is InChI=1S/C18H24N6O2/c1-13(25)14-2-4-15(5-3-14)23-18-16(19)17(21-12-22-18)20-6-7-24-8-10-26-11-9-24/h2-5,12H,6-11,19H2,1H3,(H2,20,21,22,23). The third-order valence-corrected chi connectivity index (χ3v) is 4.26. The van der Waals surface area contributed by atoms with Gasteiger partial charge in [0.2, 0.25) is 0 Å². The van der Waals surface area contributed by atoms with Crippen LogP contribution in [-0.2, 0) is 4.74 Å². The van der Waals surface area contributed by atoms with E-state index in [0.29, 0.717) is 22.9 Å². The van der Waals surface area contributed by atoms with E-state index in [4.69, 9.17) is 10.5 Å². The minimum Gasteiger partial charge on any atom is -0.393 e. The molecule has 1 aliphatic heterocycles. The molecule has 0 bridgehead atoms. The van der Waals surface area contributed by atoms with Crippen molar-refractivity contribution < 1.29 is 9.53 Å². The first-order valence-corrected chi connectivity index (χ1v) is 8.66. The van der Waals surface area contributed by atoms with E-state index in [1.54, 1.807) is 19.1 Å². The molecular formula is C18H24N6O2. The number of morpholine rings is 1. The fraction of sp³-hybridized carbons (Fsp3) is 0.389. The summed E-state index contributed by atoms with van der Waals surface area (Å²) in [4.78, 5) is 22.1. The maximum absolute atomic E-state index is 11.3. The van der Waals surface area contributed by atoms with Crippen LogP contribution < -0.4 is 16.4 Å². The number of nitrogens with zero attached hydrogens (tertiary/aromatic N) is 3. The topological polar surface area (TPSA) is 105 Å². The molecule has 8 nitrogen and oxygen atoms in total. The molecular weight excluding hydrogens is 332 g/mol. The first-order valence-electron chi connectivity index (χ1n) is 8.66. The number of hydrogen-bond acceptors (Lipinski definition) is 8. The summed E-state index contributed by atoms with van der Waals surface area (Å²) in [5.41, 5.74) is 8.12. The van der Waals surface area contributed by atoms with Gasteiger partial charge in [-0.3, -0.25) is 9.69 Å². The SMILES string of the molecule is CC(=O)c1ccc(Nc2ncnc(NCCN3CCOCC3)c2N)cc1. The van der Waals surface area contributed by atoms with Crippen molar-refractivity contribution in [2.24, 2.45) is 0 Å². The average Bonchev–Trinajstić information content (AvgIpc) is 2.66. The highest BCUT2D eigenvalue weighted by Gasteiger charge is 2.11. The van der Waals surface area contributed by atoms with E-state index in [1.807, 2.05) is 12.1 Å². The van der Waals surface area contributed by atoms with Gasteiger partial charge < -0.3 is 21.1 Å². The number of rotatable bonds is 7. The zero-order valence-electron chi connectivity index (χ0n) is 14.9. The molecule has 26 heavy (non-hydrogen) atoms. The quantitative estimate of drug-likeness (QED) is 0.645. The van der Waals surface area contributed by atoms with Crippen LogP contribution in [0.2, 0.25) is 0 Å². The second kappa shape index (κ2) is 8.59. The highest BCUT2D eigenvalue weighted by Crippen LogP contribution is 2.25. The van der Waals surface area contributed by atoms with Crippen molar-refractivity contribution in [2.75, 3.05) is 55.8 Å². The van der Waals surface area contributed by atoms with Crippen molar-refractivity contribution >= 4 is 28.8 Å². The Balaban J connectivity index is 1.60. The van der Waals surface area contributed by atoms with Crippen LogP contribution in [0, 0.1) is 0 Å². The van der Waals surface area contributed by atoms with Gasteiger partial charge in [0.25, 0.3) is 0 Å². The van der Waals surface area contributed by atoms with Gasteiger partial charge in [-0.25, -0.2) is 9.97 Å². The van der Waals surface area contributed by atoms with Gasteiger partial charge in [-0.1, -0.05) is 0 Å². The molecule has 8 heteroatoms. The normalized spacial score (nSPS) is 14.8. The summed E-state index contributed by atoms with van der Waals surface area (Å²) in [5, 5.41) is 6.43. The van der Waals surface area contributed by atoms with Crippen LogP contribution >= 0.6 is 0 Å². The summed E-state index contributed by atoms with van der Waals surface area (Å²) >= 11 is 0. The average molecular weight is 356 g/mol. The fourth-order valence-corrected chi connectivity index (χ4v) is 2.72. The number of nitrogens with one attached hydrogen (secondary N) is 2. The monoisotopic (exact) mass is 356 g/mol. The van der Waals surface area contributed by atoms with Gasteiger partial charge in [0, 0.05) is 37.4 Å². The summed E-state index contributed by atoms with van der Waals surface area (Å²) in [7, 11) is 0. The summed E-state index contributed by atoms with van der Waals surface area (Å²) in [6, 6.07) is 7.18. The zero-order chi connectivity index (χ0) is 18.4. The number of ketones is 1. The Morgan fingerprint density at radius 3 is 2.58 bits per heavy atom. The summed E-state index contributed by atoms with van der Waals surface area (Å²) in [5.74, 6) is 1.17. The van der Waals surface area contributed by atoms with Crippen LogP contribution in [-0.4, -0.2) is 60.0 Å². The van der Waals surface area contributed by atoms with Crippen LogP contribution in [0.25, 0.3) is 0 Å². The van der Waals surface area contributed by atoms with Crippen molar-refractivity contribution in [2.45, 2.75) is 6.92 Å². The van der Waals surface area contributed by atoms with E-state index in [1.165, 1.54) is 6.33 Å². The summed E-state index contributed by atoms with van der Waals surface area (Å²) in [6.45, 7) is 6.65. The highest BCUT2D eigenvalue weighted by molar-refractivity contribution is 5.94. The molecule has 1 aromatic heterocycles. The van der Waals surface area contributed by atoms with Crippen LogP contribution in [0.1, 0.15) is 17.3 Å². The Kier molecular flexibility index (Phi) is 5.98. The molecule has 0 amide bonds. The van der Waals surface area contributed by atoms with Crippen molar-refractivity contribution in [1.29, 1.82) is 0 Å². The van der Waals surface area contributed by atoms with E-state index in [-0.39, 0.29) is 5.78 Å². The van der Waals surface area contributed by atoms with Gasteiger partial charge in [0.05, 0.1) is 13.2 Å². The molecule has 0 radical (unpaired) electrons. The molecule has 0 atom stereocenters. The van der Waals surface area contributed by atoms with Gasteiger partial charge in [-0.15, -0.1) is 0 Å². The molecule has 2 aromatic rings. The molecule has 1 aliphatic rings. The number of Topliss-reactive ketones (excluding diaryl/α,β-unsaturated/α-hetero) is 1. The van der Waals surface area contributed by atoms with E-state index in [9.17, 15) is 4.79 Å². The van der Waals surface area contributed by atoms with E-state index >= 15 is 0 Å². The molecule has 0 aliphatic carbocycles. The van der Waals surface area contributed by atoms with Crippen LogP contribution in [0.5, 0.6) is 0 Å². The van der Waals surface area contributed by atoms with Gasteiger partial charge in [0.1, 0.15) is 12.0 Å². The number of ether oxygens (including phenoxy) is 1. The number of nitrogen functional groups attached to an aromatic ring is 1. The number of carbonyl (C=O) groups excluding carboxylic acids is 1. The largest absolute Gasteiger partial charge is 0.393 e. The van der Waals surface area contributed by atoms with Crippen molar-refractivity contribution in [3.8, 4) is 0 Å². The van der Waals surface area contributed by atoms with Crippen LogP contribution in [0.4, 0.5) is 23.0 Å². The second-order valence-corrected chi connectivity index (χ2v) is 6.12. The lowest BCUT2D eigenvalue weighted by atomic mass is 10.1. The number of benzene rings is 1. The predicted octanol–water partition coefficient (Wildman–Crippen LogP) is 1.75. The van der Waals surface area contributed by atoms with E-state index in [0.717, 1.165) is 45.1 Å². The molecule has 0 unspecified atom stereocenters. The molecule has 1 saturated heterocycles. The highest BCUT2D eigenvalue weighted by atomic mass is 16.5. The second-order valence-electron chi connectivity index (χ2n) is 6.12. The lowest BCUT2D eigenvalue weighted by Crippen LogP contribution is -2.39. The van der Waals surface area contributed by atoms with Gasteiger partial charge in [-0.2, -0.15) is 0 Å². The number of nitrogens with two attached hydrogens (primary N) is 1. The lowest BCUT2D eigenvalue weighted by molar-refractivity contribution is 0.0398. The third-order valence-electron chi connectivity index (χ3n) is 4.26. The third kappa shape index (κ3) is 4.68. The number of hydrogen-bond donors (Lipinski definition) is 3. The molecule has 3 rings (SSSR count). The fourth-order valence-electron chi connectivity index (χ4n) is 2.72. The number of carbonyl (C=O) groups is 1. The van der Waals surface area contributed by atoms with Gasteiger partial charge >= 0.3 is 0 Å². The van der Waals surface area contributed by atoms with Crippen molar-refractivity contribution in [1.82, 2.24) is 14.9 Å². The van der Waals surface area contributed by atoms with Crippen molar-refractivity contribution in [3.63, 3.8) is 0 Å². The molecule has 2 heterocycles. The molecule has 4 N–H and O–H groups in total. The predicted molar refractivity (Wildman–Crippen MR) is 102 cm³/mol. The van der Waals surface area contributed by atoms with Crippen LogP contribution in [0.15, 0.2) is 30.6 Å². The van der Waals surface area contributed by atoms with Gasteiger partial charge in [-0.05, 0) is 31.2 Å².